The second kappa shape index (κ2) is 3.18. The van der Waals surface area contributed by atoms with Crippen molar-refractivity contribution in [3.8, 4) is 0 Å². The molecule has 0 bridgehead atoms. The monoisotopic (exact) mass is 266 g/mol. The van der Waals surface area contributed by atoms with Gasteiger partial charge in [-0.15, -0.1) is 0 Å². The first-order valence-electron chi connectivity index (χ1n) is 4.40. The van der Waals surface area contributed by atoms with Crippen molar-refractivity contribution >= 4 is 22.9 Å². The standard InChI is InChI=1S/C8H15IN2/c1-7-4-10(5-7)8-2-3-11(9)6-8/h7-8H,2-6H2,1H3/t8-/m1/s1. The molecule has 64 valence electrons. The van der Waals surface area contributed by atoms with E-state index in [2.05, 4.69) is 37.8 Å². The zero-order chi connectivity index (χ0) is 7.84. The third-order valence-electron chi connectivity index (χ3n) is 2.72. The minimum Gasteiger partial charge on any atom is -0.298 e. The first-order valence-corrected chi connectivity index (χ1v) is 5.37. The molecule has 0 spiro atoms. The summed E-state index contributed by atoms with van der Waals surface area (Å²) in [4.78, 5) is 2.63. The predicted molar refractivity (Wildman–Crippen MR) is 54.7 cm³/mol. The Kier molecular flexibility index (Phi) is 2.39. The molecule has 2 rings (SSSR count). The van der Waals surface area contributed by atoms with Gasteiger partial charge in [0.05, 0.1) is 0 Å². The Balaban J connectivity index is 1.79. The summed E-state index contributed by atoms with van der Waals surface area (Å²) in [5, 5.41) is 0. The second-order valence-electron chi connectivity index (χ2n) is 3.87. The molecule has 2 aliphatic rings. The lowest BCUT2D eigenvalue weighted by Gasteiger charge is -2.41. The average molecular weight is 266 g/mol. The van der Waals surface area contributed by atoms with Crippen molar-refractivity contribution in [3.63, 3.8) is 0 Å². The molecule has 1 atom stereocenters. The molecule has 0 saturated carbocycles. The maximum absolute atomic E-state index is 2.63. The van der Waals surface area contributed by atoms with E-state index in [9.17, 15) is 0 Å². The highest BCUT2D eigenvalue weighted by molar-refractivity contribution is 14.1. The Labute approximate surface area is 82.4 Å². The number of halogens is 1. The van der Waals surface area contributed by atoms with E-state index in [-0.39, 0.29) is 0 Å². The molecule has 0 radical (unpaired) electrons. The Morgan fingerprint density at radius 1 is 1.27 bits per heavy atom. The summed E-state index contributed by atoms with van der Waals surface area (Å²) in [5.74, 6) is 0.957. The van der Waals surface area contributed by atoms with E-state index in [1.54, 1.807) is 0 Å². The Morgan fingerprint density at radius 3 is 2.45 bits per heavy atom. The Bertz CT molecular complexity index is 145. The van der Waals surface area contributed by atoms with Crippen LogP contribution in [0.3, 0.4) is 0 Å². The summed E-state index contributed by atoms with van der Waals surface area (Å²) >= 11 is 2.43. The number of likely N-dealkylation sites (tertiary alicyclic amines) is 1. The lowest BCUT2D eigenvalue weighted by Crippen LogP contribution is -2.51. The van der Waals surface area contributed by atoms with E-state index in [0.717, 1.165) is 12.0 Å². The van der Waals surface area contributed by atoms with E-state index >= 15 is 0 Å². The van der Waals surface area contributed by atoms with Gasteiger partial charge in [0.2, 0.25) is 0 Å². The first kappa shape index (κ1) is 8.26. The van der Waals surface area contributed by atoms with Crippen molar-refractivity contribution in [2.24, 2.45) is 5.92 Å². The molecule has 0 aliphatic carbocycles. The Morgan fingerprint density at radius 2 is 2.00 bits per heavy atom. The summed E-state index contributed by atoms with van der Waals surface area (Å²) in [6.45, 7) is 7.60. The zero-order valence-electron chi connectivity index (χ0n) is 6.96. The van der Waals surface area contributed by atoms with Crippen molar-refractivity contribution in [2.75, 3.05) is 26.2 Å². The topological polar surface area (TPSA) is 6.48 Å². The van der Waals surface area contributed by atoms with Gasteiger partial charge in [0.15, 0.2) is 0 Å². The quantitative estimate of drug-likeness (QED) is 0.522. The van der Waals surface area contributed by atoms with Crippen LogP contribution in [0.2, 0.25) is 0 Å². The predicted octanol–water partition coefficient (Wildman–Crippen LogP) is 1.36. The molecule has 2 nitrogen and oxygen atoms in total. The van der Waals surface area contributed by atoms with Crippen molar-refractivity contribution in [3.05, 3.63) is 0 Å². The maximum atomic E-state index is 2.63. The smallest absolute Gasteiger partial charge is 0.0244 e. The normalized spacial score (nSPS) is 36.0. The van der Waals surface area contributed by atoms with Gasteiger partial charge >= 0.3 is 0 Å². The summed E-state index contributed by atoms with van der Waals surface area (Å²) < 4.78 is 2.41. The van der Waals surface area contributed by atoms with Crippen LogP contribution in [0.15, 0.2) is 0 Å². The minimum absolute atomic E-state index is 0.878. The van der Waals surface area contributed by atoms with E-state index in [1.807, 2.05) is 0 Å². The molecule has 3 heteroatoms. The molecule has 0 unspecified atom stereocenters. The summed E-state index contributed by atoms with van der Waals surface area (Å²) in [5.41, 5.74) is 0. The fourth-order valence-corrected chi connectivity index (χ4v) is 2.78. The lowest BCUT2D eigenvalue weighted by atomic mass is 9.99. The van der Waals surface area contributed by atoms with E-state index in [4.69, 9.17) is 0 Å². The van der Waals surface area contributed by atoms with Crippen molar-refractivity contribution < 1.29 is 0 Å². The van der Waals surface area contributed by atoms with Crippen LogP contribution in [0.4, 0.5) is 0 Å². The highest BCUT2D eigenvalue weighted by Crippen LogP contribution is 2.25. The molecular formula is C8H15IN2. The van der Waals surface area contributed by atoms with Crippen LogP contribution in [-0.4, -0.2) is 40.2 Å². The summed E-state index contributed by atoms with van der Waals surface area (Å²) in [6.07, 6.45) is 1.38. The van der Waals surface area contributed by atoms with Crippen LogP contribution >= 0.6 is 22.9 Å². The molecule has 2 saturated heterocycles. The fourth-order valence-electron chi connectivity index (χ4n) is 2.04. The third kappa shape index (κ3) is 1.70. The third-order valence-corrected chi connectivity index (χ3v) is 3.60. The van der Waals surface area contributed by atoms with Gasteiger partial charge in [-0.3, -0.25) is 4.90 Å². The number of rotatable bonds is 1. The van der Waals surface area contributed by atoms with E-state index < -0.39 is 0 Å². The highest BCUT2D eigenvalue weighted by Gasteiger charge is 2.33. The number of hydrogen-bond acceptors (Lipinski definition) is 2. The molecule has 2 aliphatic heterocycles. The summed E-state index contributed by atoms with van der Waals surface area (Å²) in [6, 6.07) is 0.878. The van der Waals surface area contributed by atoms with Crippen LogP contribution in [0.25, 0.3) is 0 Å². The van der Waals surface area contributed by atoms with Gasteiger partial charge in [-0.25, -0.2) is 3.11 Å². The highest BCUT2D eigenvalue weighted by atomic mass is 127. The van der Waals surface area contributed by atoms with Crippen molar-refractivity contribution in [1.82, 2.24) is 8.01 Å². The minimum atomic E-state index is 0.878. The van der Waals surface area contributed by atoms with Crippen LogP contribution < -0.4 is 0 Å². The van der Waals surface area contributed by atoms with Crippen LogP contribution in [0.5, 0.6) is 0 Å². The van der Waals surface area contributed by atoms with E-state index in [0.29, 0.717) is 0 Å². The number of hydrogen-bond donors (Lipinski definition) is 0. The molecule has 0 amide bonds. The number of nitrogens with zero attached hydrogens (tertiary/aromatic N) is 2. The molecule has 0 aromatic heterocycles. The van der Waals surface area contributed by atoms with Gasteiger partial charge in [-0.05, 0) is 12.3 Å². The van der Waals surface area contributed by atoms with Gasteiger partial charge in [0.1, 0.15) is 0 Å². The zero-order valence-corrected chi connectivity index (χ0v) is 9.12. The molecule has 11 heavy (non-hydrogen) atoms. The van der Waals surface area contributed by atoms with E-state index in [1.165, 1.54) is 32.6 Å². The van der Waals surface area contributed by atoms with Crippen LogP contribution in [0, 0.1) is 5.92 Å². The lowest BCUT2D eigenvalue weighted by molar-refractivity contribution is 0.0695. The van der Waals surface area contributed by atoms with Crippen LogP contribution in [-0.2, 0) is 0 Å². The fraction of sp³-hybridized carbons (Fsp3) is 1.00. The molecule has 2 heterocycles. The molecular weight excluding hydrogens is 251 g/mol. The van der Waals surface area contributed by atoms with Gasteiger partial charge in [0.25, 0.3) is 0 Å². The van der Waals surface area contributed by atoms with Crippen LogP contribution in [0.1, 0.15) is 13.3 Å². The summed E-state index contributed by atoms with van der Waals surface area (Å²) in [7, 11) is 0. The molecule has 0 aromatic rings. The first-order chi connectivity index (χ1) is 5.25. The second-order valence-corrected chi connectivity index (χ2v) is 5.23. The SMILES string of the molecule is CC1CN([C@@H]2CCN(I)C2)C1. The largest absolute Gasteiger partial charge is 0.298 e. The molecule has 2 fully saturated rings. The van der Waals surface area contributed by atoms with Gasteiger partial charge < -0.3 is 0 Å². The Hall–Kier alpha value is 0.650. The van der Waals surface area contributed by atoms with Gasteiger partial charge in [0, 0.05) is 55.1 Å². The van der Waals surface area contributed by atoms with Gasteiger partial charge in [-0.2, -0.15) is 0 Å². The van der Waals surface area contributed by atoms with Gasteiger partial charge in [-0.1, -0.05) is 6.92 Å². The molecule has 0 N–H and O–H groups in total. The average Bonchev–Trinajstić information content (AvgIpc) is 2.29. The van der Waals surface area contributed by atoms with Crippen molar-refractivity contribution in [2.45, 2.75) is 19.4 Å². The maximum Gasteiger partial charge on any atom is 0.0244 e. The van der Waals surface area contributed by atoms with Crippen molar-refractivity contribution in [1.29, 1.82) is 0 Å². The molecule has 0 aromatic carbocycles.